The van der Waals surface area contributed by atoms with Crippen LogP contribution in [0.25, 0.3) is 11.1 Å². The number of halogens is 2. The largest absolute Gasteiger partial charge is 0.496 e. The van der Waals surface area contributed by atoms with Gasteiger partial charge in [-0.3, -0.25) is 4.79 Å². The van der Waals surface area contributed by atoms with Gasteiger partial charge in [-0.05, 0) is 42.0 Å². The maximum absolute atomic E-state index is 12.5. The Kier molecular flexibility index (Phi) is 5.93. The van der Waals surface area contributed by atoms with Crippen molar-refractivity contribution in [2.24, 2.45) is 0 Å². The molecule has 0 spiro atoms. The number of amides is 1. The molecule has 1 amide bonds. The molecule has 3 aromatic carbocycles. The first-order valence-corrected chi connectivity index (χ1v) is 10.3. The van der Waals surface area contributed by atoms with Crippen LogP contribution in [0, 0.1) is 0 Å². The van der Waals surface area contributed by atoms with E-state index in [1.54, 1.807) is 19.2 Å². The molecule has 0 aliphatic rings. The quantitative estimate of drug-likeness (QED) is 0.625. The molecule has 0 bridgehead atoms. The van der Waals surface area contributed by atoms with Gasteiger partial charge < -0.3 is 4.74 Å². The van der Waals surface area contributed by atoms with Gasteiger partial charge in [-0.1, -0.05) is 53.5 Å². The molecule has 0 aliphatic heterocycles. The second kappa shape index (κ2) is 8.22. The fraction of sp³-hybridized carbons (Fsp3) is 0.0500. The highest BCUT2D eigenvalue weighted by Gasteiger charge is 2.20. The second-order valence-corrected chi connectivity index (χ2v) is 8.31. The number of carbonyl (C=O) groups is 1. The predicted molar refractivity (Wildman–Crippen MR) is 110 cm³/mol. The summed E-state index contributed by atoms with van der Waals surface area (Å²) in [4.78, 5) is 12.3. The van der Waals surface area contributed by atoms with Crippen molar-refractivity contribution in [2.75, 3.05) is 7.11 Å². The monoisotopic (exact) mass is 435 g/mol. The maximum Gasteiger partial charge on any atom is 0.266 e. The first-order valence-electron chi connectivity index (χ1n) is 8.07. The van der Waals surface area contributed by atoms with Gasteiger partial charge in [-0.25, -0.2) is 13.1 Å². The third-order valence-electron chi connectivity index (χ3n) is 3.99. The van der Waals surface area contributed by atoms with Gasteiger partial charge in [-0.15, -0.1) is 0 Å². The van der Waals surface area contributed by atoms with Crippen LogP contribution in [-0.2, 0) is 10.0 Å². The van der Waals surface area contributed by atoms with Crippen molar-refractivity contribution >= 4 is 39.1 Å². The topological polar surface area (TPSA) is 72.5 Å². The van der Waals surface area contributed by atoms with Crippen LogP contribution in [0.15, 0.2) is 71.6 Å². The molecule has 0 heterocycles. The SMILES string of the molecule is COc1ccccc1-c1ccc(S(=O)(=O)NC(=O)c2ccc(Cl)cc2Cl)cc1. The highest BCUT2D eigenvalue weighted by atomic mass is 35.5. The second-order valence-electron chi connectivity index (χ2n) is 5.78. The van der Waals surface area contributed by atoms with Gasteiger partial charge in [-0.2, -0.15) is 0 Å². The number of para-hydroxylation sites is 1. The van der Waals surface area contributed by atoms with E-state index in [4.69, 9.17) is 27.9 Å². The average Bonchev–Trinajstić information content (AvgIpc) is 2.67. The van der Waals surface area contributed by atoms with Crippen LogP contribution >= 0.6 is 23.2 Å². The summed E-state index contributed by atoms with van der Waals surface area (Å²) in [6, 6.07) is 17.7. The minimum atomic E-state index is -4.07. The summed E-state index contributed by atoms with van der Waals surface area (Å²) in [5.74, 6) is -0.167. The van der Waals surface area contributed by atoms with Gasteiger partial charge in [0.15, 0.2) is 0 Å². The average molecular weight is 436 g/mol. The molecule has 3 rings (SSSR count). The molecule has 1 N–H and O–H groups in total. The molecule has 0 atom stereocenters. The molecular weight excluding hydrogens is 421 g/mol. The van der Waals surface area contributed by atoms with E-state index in [-0.39, 0.29) is 15.5 Å². The molecule has 28 heavy (non-hydrogen) atoms. The Morgan fingerprint density at radius 3 is 2.29 bits per heavy atom. The van der Waals surface area contributed by atoms with Crippen LogP contribution < -0.4 is 9.46 Å². The van der Waals surface area contributed by atoms with Crippen molar-refractivity contribution in [1.82, 2.24) is 4.72 Å². The molecular formula is C20H15Cl2NO4S. The Labute approximate surface area is 172 Å². The number of benzene rings is 3. The van der Waals surface area contributed by atoms with Gasteiger partial charge in [0.1, 0.15) is 5.75 Å². The Morgan fingerprint density at radius 2 is 1.64 bits per heavy atom. The number of sulfonamides is 1. The number of hydrogen-bond acceptors (Lipinski definition) is 4. The summed E-state index contributed by atoms with van der Waals surface area (Å²) in [5.41, 5.74) is 1.62. The lowest BCUT2D eigenvalue weighted by atomic mass is 10.1. The molecule has 5 nitrogen and oxygen atoms in total. The molecule has 0 radical (unpaired) electrons. The van der Waals surface area contributed by atoms with Gasteiger partial charge >= 0.3 is 0 Å². The lowest BCUT2D eigenvalue weighted by Crippen LogP contribution is -2.30. The maximum atomic E-state index is 12.5. The molecule has 0 fully saturated rings. The summed E-state index contributed by atoms with van der Waals surface area (Å²) in [6.45, 7) is 0. The summed E-state index contributed by atoms with van der Waals surface area (Å²) in [5, 5.41) is 0.406. The highest BCUT2D eigenvalue weighted by Crippen LogP contribution is 2.30. The summed E-state index contributed by atoms with van der Waals surface area (Å²) < 4.78 is 32.4. The molecule has 0 unspecified atom stereocenters. The van der Waals surface area contributed by atoms with Crippen LogP contribution in [0.3, 0.4) is 0 Å². The van der Waals surface area contributed by atoms with Crippen LogP contribution in [0.5, 0.6) is 5.75 Å². The molecule has 8 heteroatoms. The third-order valence-corrected chi connectivity index (χ3v) is 5.88. The van der Waals surface area contributed by atoms with E-state index in [9.17, 15) is 13.2 Å². The fourth-order valence-electron chi connectivity index (χ4n) is 2.61. The van der Waals surface area contributed by atoms with Gasteiger partial charge in [0, 0.05) is 10.6 Å². The van der Waals surface area contributed by atoms with E-state index in [0.29, 0.717) is 10.8 Å². The summed E-state index contributed by atoms with van der Waals surface area (Å²) in [6.07, 6.45) is 0. The zero-order valence-corrected chi connectivity index (χ0v) is 17.0. The normalized spacial score (nSPS) is 11.1. The first-order chi connectivity index (χ1) is 13.3. The van der Waals surface area contributed by atoms with Crippen LogP contribution in [0.2, 0.25) is 10.0 Å². The van der Waals surface area contributed by atoms with E-state index in [2.05, 4.69) is 0 Å². The van der Waals surface area contributed by atoms with Gasteiger partial charge in [0.25, 0.3) is 15.9 Å². The van der Waals surface area contributed by atoms with Crippen LogP contribution in [0.4, 0.5) is 0 Å². The van der Waals surface area contributed by atoms with E-state index in [0.717, 1.165) is 11.1 Å². The van der Waals surface area contributed by atoms with Crippen molar-refractivity contribution in [3.05, 3.63) is 82.3 Å². The third kappa shape index (κ3) is 4.30. The smallest absolute Gasteiger partial charge is 0.266 e. The van der Waals surface area contributed by atoms with E-state index >= 15 is 0 Å². The Balaban J connectivity index is 1.85. The molecule has 0 aliphatic carbocycles. The highest BCUT2D eigenvalue weighted by molar-refractivity contribution is 7.90. The van der Waals surface area contributed by atoms with Crippen molar-refractivity contribution in [1.29, 1.82) is 0 Å². The van der Waals surface area contributed by atoms with Crippen molar-refractivity contribution in [3.63, 3.8) is 0 Å². The van der Waals surface area contributed by atoms with Crippen molar-refractivity contribution in [3.8, 4) is 16.9 Å². The molecule has 0 saturated carbocycles. The number of rotatable bonds is 5. The molecule has 144 valence electrons. The number of nitrogens with one attached hydrogen (secondary N) is 1. The standard InChI is InChI=1S/C20H15Cl2NO4S/c1-27-19-5-3-2-4-16(19)13-6-9-15(10-7-13)28(25,26)23-20(24)17-11-8-14(21)12-18(17)22/h2-12H,1H3,(H,23,24). The van der Waals surface area contributed by atoms with Crippen LogP contribution in [-0.4, -0.2) is 21.4 Å². The summed E-state index contributed by atoms with van der Waals surface area (Å²) >= 11 is 11.8. The zero-order valence-electron chi connectivity index (χ0n) is 14.6. The van der Waals surface area contributed by atoms with E-state index in [1.165, 1.54) is 30.3 Å². The van der Waals surface area contributed by atoms with E-state index < -0.39 is 15.9 Å². The number of carbonyl (C=O) groups excluding carboxylic acids is 1. The summed E-state index contributed by atoms with van der Waals surface area (Å²) in [7, 11) is -2.51. The Hall–Kier alpha value is -2.54. The predicted octanol–water partition coefficient (Wildman–Crippen LogP) is 4.79. The molecule has 3 aromatic rings. The fourth-order valence-corrected chi connectivity index (χ4v) is 4.07. The molecule has 0 aromatic heterocycles. The van der Waals surface area contributed by atoms with Crippen molar-refractivity contribution in [2.45, 2.75) is 4.90 Å². The Morgan fingerprint density at radius 1 is 0.964 bits per heavy atom. The number of hydrogen-bond donors (Lipinski definition) is 1. The first kappa shape index (κ1) is 20.2. The van der Waals surface area contributed by atoms with Crippen molar-refractivity contribution < 1.29 is 17.9 Å². The minimum Gasteiger partial charge on any atom is -0.496 e. The number of ether oxygens (including phenoxy) is 1. The minimum absolute atomic E-state index is 0.0142. The van der Waals surface area contributed by atoms with Gasteiger partial charge in [0.2, 0.25) is 0 Å². The van der Waals surface area contributed by atoms with E-state index in [1.807, 2.05) is 29.0 Å². The number of methoxy groups -OCH3 is 1. The lowest BCUT2D eigenvalue weighted by Gasteiger charge is -2.11. The van der Waals surface area contributed by atoms with Gasteiger partial charge in [0.05, 0.1) is 22.6 Å². The molecule has 0 saturated heterocycles. The van der Waals surface area contributed by atoms with Crippen LogP contribution in [0.1, 0.15) is 10.4 Å². The zero-order chi connectivity index (χ0) is 20.3. The Bertz CT molecular complexity index is 1130. The lowest BCUT2D eigenvalue weighted by molar-refractivity contribution is 0.0981.